The molecule has 0 amide bonds. The van der Waals surface area contributed by atoms with E-state index < -0.39 is 16.0 Å². The van der Waals surface area contributed by atoms with E-state index in [1.54, 1.807) is 31.2 Å². The van der Waals surface area contributed by atoms with E-state index in [9.17, 15) is 13.2 Å². The lowest BCUT2D eigenvalue weighted by Gasteiger charge is -2.18. The second kappa shape index (κ2) is 7.00. The number of sulfonamides is 1. The molecule has 0 saturated heterocycles. The molecule has 0 bridgehead atoms. The molecule has 2 aromatic rings. The maximum absolute atomic E-state index is 12.8. The summed E-state index contributed by atoms with van der Waals surface area (Å²) in [6.45, 7) is 1.89. The predicted octanol–water partition coefficient (Wildman–Crippen LogP) is 3.32. The van der Waals surface area contributed by atoms with E-state index in [0.29, 0.717) is 9.90 Å². The Bertz CT molecular complexity index is 830. The number of thiophene rings is 1. The standard InChI is InChI=1S/C15H16ClNO4S2/c1-10-4-5-11(15(18)21-3)8-13(10)23(19,20)17(2)9-12-6-7-14(16)22-12/h4-8H,9H2,1-3H3. The molecule has 0 atom stereocenters. The Balaban J connectivity index is 2.36. The van der Waals surface area contributed by atoms with E-state index in [0.717, 1.165) is 4.88 Å². The number of carbonyl (C=O) groups is 1. The van der Waals surface area contributed by atoms with E-state index in [1.807, 2.05) is 0 Å². The van der Waals surface area contributed by atoms with Gasteiger partial charge in [0.05, 0.1) is 21.9 Å². The molecular formula is C15H16ClNO4S2. The molecule has 1 aromatic heterocycles. The number of rotatable bonds is 5. The lowest BCUT2D eigenvalue weighted by Crippen LogP contribution is -2.27. The summed E-state index contributed by atoms with van der Waals surface area (Å²) in [4.78, 5) is 12.5. The lowest BCUT2D eigenvalue weighted by atomic mass is 10.1. The van der Waals surface area contributed by atoms with Crippen molar-refractivity contribution in [2.45, 2.75) is 18.4 Å². The molecule has 0 aliphatic carbocycles. The first kappa shape index (κ1) is 17.9. The summed E-state index contributed by atoms with van der Waals surface area (Å²) in [5, 5.41) is 0. The zero-order chi connectivity index (χ0) is 17.2. The lowest BCUT2D eigenvalue weighted by molar-refractivity contribution is 0.0600. The van der Waals surface area contributed by atoms with E-state index in [1.165, 1.54) is 35.9 Å². The van der Waals surface area contributed by atoms with Crippen molar-refractivity contribution < 1.29 is 17.9 Å². The van der Waals surface area contributed by atoms with Crippen LogP contribution in [-0.4, -0.2) is 32.8 Å². The van der Waals surface area contributed by atoms with Crippen molar-refractivity contribution in [2.75, 3.05) is 14.2 Å². The molecule has 0 saturated carbocycles. The van der Waals surface area contributed by atoms with Crippen LogP contribution in [0.15, 0.2) is 35.2 Å². The Labute approximate surface area is 144 Å². The highest BCUT2D eigenvalue weighted by Gasteiger charge is 2.24. The Morgan fingerprint density at radius 3 is 2.57 bits per heavy atom. The van der Waals surface area contributed by atoms with Crippen molar-refractivity contribution in [1.29, 1.82) is 0 Å². The molecule has 0 fully saturated rings. The maximum Gasteiger partial charge on any atom is 0.337 e. The largest absolute Gasteiger partial charge is 0.465 e. The number of hydrogen-bond donors (Lipinski definition) is 0. The summed E-state index contributed by atoms with van der Waals surface area (Å²) in [5.41, 5.74) is 0.762. The summed E-state index contributed by atoms with van der Waals surface area (Å²) in [6, 6.07) is 7.99. The molecule has 5 nitrogen and oxygen atoms in total. The number of nitrogens with zero attached hydrogens (tertiary/aromatic N) is 1. The molecule has 1 aromatic carbocycles. The average molecular weight is 374 g/mol. The van der Waals surface area contributed by atoms with Gasteiger partial charge in [-0.1, -0.05) is 17.7 Å². The van der Waals surface area contributed by atoms with Crippen LogP contribution in [0.2, 0.25) is 4.34 Å². The third kappa shape index (κ3) is 3.92. The number of esters is 1. The number of aryl methyl sites for hydroxylation is 1. The fourth-order valence-corrected chi connectivity index (χ4v) is 4.65. The fourth-order valence-electron chi connectivity index (χ4n) is 2.03. The summed E-state index contributed by atoms with van der Waals surface area (Å²) < 4.78 is 32.0. The van der Waals surface area contributed by atoms with Gasteiger partial charge in [0, 0.05) is 18.5 Å². The van der Waals surface area contributed by atoms with E-state index in [4.69, 9.17) is 11.6 Å². The molecular weight excluding hydrogens is 358 g/mol. The minimum absolute atomic E-state index is 0.0885. The SMILES string of the molecule is COC(=O)c1ccc(C)c(S(=O)(=O)N(C)Cc2ccc(Cl)s2)c1. The first-order chi connectivity index (χ1) is 10.8. The van der Waals surface area contributed by atoms with Crippen molar-refractivity contribution in [3.05, 3.63) is 50.7 Å². The van der Waals surface area contributed by atoms with Gasteiger partial charge in [0.15, 0.2) is 0 Å². The van der Waals surface area contributed by atoms with Crippen molar-refractivity contribution >= 4 is 38.9 Å². The smallest absolute Gasteiger partial charge is 0.337 e. The van der Waals surface area contributed by atoms with Crippen LogP contribution >= 0.6 is 22.9 Å². The minimum atomic E-state index is -3.73. The number of halogens is 1. The second-order valence-corrected chi connectivity index (χ2v) is 8.75. The van der Waals surface area contributed by atoms with Crippen molar-refractivity contribution in [2.24, 2.45) is 0 Å². The van der Waals surface area contributed by atoms with Gasteiger partial charge in [-0.2, -0.15) is 4.31 Å². The molecule has 23 heavy (non-hydrogen) atoms. The number of ether oxygens (including phenoxy) is 1. The van der Waals surface area contributed by atoms with Gasteiger partial charge in [-0.15, -0.1) is 11.3 Å². The Hall–Kier alpha value is -1.41. The highest BCUT2D eigenvalue weighted by molar-refractivity contribution is 7.89. The highest BCUT2D eigenvalue weighted by Crippen LogP contribution is 2.26. The summed E-state index contributed by atoms with van der Waals surface area (Å²) >= 11 is 7.20. The van der Waals surface area contributed by atoms with Crippen molar-refractivity contribution in [1.82, 2.24) is 4.31 Å². The van der Waals surface area contributed by atoms with E-state index in [2.05, 4.69) is 4.74 Å². The normalized spacial score (nSPS) is 11.7. The molecule has 0 aliphatic heterocycles. The Morgan fingerprint density at radius 1 is 1.30 bits per heavy atom. The number of hydrogen-bond acceptors (Lipinski definition) is 5. The molecule has 0 N–H and O–H groups in total. The Kier molecular flexibility index (Phi) is 5.46. The molecule has 2 rings (SSSR count). The zero-order valence-electron chi connectivity index (χ0n) is 12.9. The average Bonchev–Trinajstić information content (AvgIpc) is 2.91. The van der Waals surface area contributed by atoms with Gasteiger partial charge < -0.3 is 4.74 Å². The topological polar surface area (TPSA) is 63.7 Å². The quantitative estimate of drug-likeness (QED) is 0.754. The molecule has 1 heterocycles. The first-order valence-corrected chi connectivity index (χ1v) is 9.28. The highest BCUT2D eigenvalue weighted by atomic mass is 35.5. The number of benzene rings is 1. The predicted molar refractivity (Wildman–Crippen MR) is 90.5 cm³/mol. The second-order valence-electron chi connectivity index (χ2n) is 4.94. The maximum atomic E-state index is 12.8. The zero-order valence-corrected chi connectivity index (χ0v) is 15.3. The van der Waals surface area contributed by atoms with Crippen LogP contribution in [0.1, 0.15) is 20.8 Å². The molecule has 8 heteroatoms. The first-order valence-electron chi connectivity index (χ1n) is 6.65. The van der Waals surface area contributed by atoms with Crippen LogP contribution in [0.25, 0.3) is 0 Å². The van der Waals surface area contributed by atoms with Crippen molar-refractivity contribution in [3.63, 3.8) is 0 Å². The molecule has 0 unspecified atom stereocenters. The summed E-state index contributed by atoms with van der Waals surface area (Å²) in [7, 11) is -0.987. The van der Waals surface area contributed by atoms with Crippen molar-refractivity contribution in [3.8, 4) is 0 Å². The summed E-state index contributed by atoms with van der Waals surface area (Å²) in [6.07, 6.45) is 0. The monoisotopic (exact) mass is 373 g/mol. The van der Waals surface area contributed by atoms with Gasteiger partial charge in [0.25, 0.3) is 0 Å². The molecule has 0 radical (unpaired) electrons. The van der Waals surface area contributed by atoms with Crippen LogP contribution in [0, 0.1) is 6.92 Å². The number of carbonyl (C=O) groups excluding carboxylic acids is 1. The molecule has 0 aliphatic rings. The third-order valence-corrected chi connectivity index (χ3v) is 6.47. The van der Waals surface area contributed by atoms with Gasteiger partial charge in [-0.3, -0.25) is 0 Å². The van der Waals surface area contributed by atoms with Crippen LogP contribution < -0.4 is 0 Å². The number of methoxy groups -OCH3 is 1. The van der Waals surface area contributed by atoms with E-state index in [-0.39, 0.29) is 17.0 Å². The fraction of sp³-hybridized carbons (Fsp3) is 0.267. The van der Waals surface area contributed by atoms with Crippen LogP contribution in [0.4, 0.5) is 0 Å². The Morgan fingerprint density at radius 2 is 2.00 bits per heavy atom. The van der Waals surface area contributed by atoms with Crippen LogP contribution in [0.3, 0.4) is 0 Å². The van der Waals surface area contributed by atoms with Crippen LogP contribution in [-0.2, 0) is 21.3 Å². The third-order valence-electron chi connectivity index (χ3n) is 3.30. The minimum Gasteiger partial charge on any atom is -0.465 e. The molecule has 124 valence electrons. The summed E-state index contributed by atoms with van der Waals surface area (Å²) in [5.74, 6) is -0.575. The van der Waals surface area contributed by atoms with Crippen LogP contribution in [0.5, 0.6) is 0 Å². The van der Waals surface area contributed by atoms with Gasteiger partial charge in [-0.05, 0) is 36.8 Å². The van der Waals surface area contributed by atoms with Gasteiger partial charge in [-0.25, -0.2) is 13.2 Å². The van der Waals surface area contributed by atoms with Gasteiger partial charge >= 0.3 is 5.97 Å². The molecule has 0 spiro atoms. The van der Waals surface area contributed by atoms with E-state index >= 15 is 0 Å². The van der Waals surface area contributed by atoms with Gasteiger partial charge in [0.2, 0.25) is 10.0 Å². The van der Waals surface area contributed by atoms with Gasteiger partial charge in [0.1, 0.15) is 0 Å².